The Balaban J connectivity index is 2.27. The van der Waals surface area contributed by atoms with E-state index in [1.807, 2.05) is 45.2 Å². The third-order valence-electron chi connectivity index (χ3n) is 4.71. The van der Waals surface area contributed by atoms with Gasteiger partial charge >= 0.3 is 12.1 Å². The molecule has 2 atom stereocenters. The first-order chi connectivity index (χ1) is 16.3. The average Bonchev–Trinajstić information content (AvgIpc) is 2.76. The number of esters is 1. The van der Waals surface area contributed by atoms with Crippen molar-refractivity contribution in [3.05, 3.63) is 54.7 Å². The van der Waals surface area contributed by atoms with Crippen LogP contribution in [-0.4, -0.2) is 53.0 Å². The summed E-state index contributed by atoms with van der Waals surface area (Å²) in [6, 6.07) is 7.60. The normalized spacial score (nSPS) is 12.9. The van der Waals surface area contributed by atoms with Gasteiger partial charge in [0.25, 0.3) is 0 Å². The summed E-state index contributed by atoms with van der Waals surface area (Å²) in [5, 5.41) is 24.8. The number of benzene rings is 2. The number of carbonyl (C=O) groups is 3. The zero-order valence-corrected chi connectivity index (χ0v) is 24.0. The first-order valence-corrected chi connectivity index (χ1v) is 12.8. The second-order valence-corrected chi connectivity index (χ2v) is 11.1. The molecule has 0 bridgehead atoms. The number of rotatable bonds is 8. The van der Waals surface area contributed by atoms with Crippen LogP contribution in [0.2, 0.25) is 0 Å². The molecule has 2 aromatic rings. The molecule has 4 N–H and O–H groups in total. The van der Waals surface area contributed by atoms with Gasteiger partial charge in [-0.25, -0.2) is 9.59 Å². The summed E-state index contributed by atoms with van der Waals surface area (Å²) >= 11 is 3.93. The quantitative estimate of drug-likeness (QED) is 0.243. The smallest absolute Gasteiger partial charge is 0.408 e. The van der Waals surface area contributed by atoms with Crippen LogP contribution in [0.3, 0.4) is 0 Å². The van der Waals surface area contributed by atoms with Crippen molar-refractivity contribution in [2.24, 2.45) is 0 Å². The van der Waals surface area contributed by atoms with Crippen molar-refractivity contribution in [1.82, 2.24) is 10.6 Å². The lowest BCUT2D eigenvalue weighted by atomic mass is 10.0. The highest BCUT2D eigenvalue weighted by molar-refractivity contribution is 14.1. The van der Waals surface area contributed by atoms with Crippen LogP contribution in [0.25, 0.3) is 0 Å². The fraction of sp³-hybridized carbons (Fsp3) is 0.375. The molecule has 0 aliphatic carbocycles. The second kappa shape index (κ2) is 12.6. The SMILES string of the molecule is COC(=O)[C@H](Cc1ccc(O)c(I)c1)NC(=O)[C@H](Cc1ccc(O)c(I)c1)NC(=O)OC(C)(C)C. The van der Waals surface area contributed by atoms with Gasteiger partial charge in [0.05, 0.1) is 14.3 Å². The molecule has 0 radical (unpaired) electrons. The predicted octanol–water partition coefficient (Wildman–Crippen LogP) is 3.64. The molecular formula is C24H28I2N2O7. The lowest BCUT2D eigenvalue weighted by Gasteiger charge is -2.25. The summed E-state index contributed by atoms with van der Waals surface area (Å²) in [6.07, 6.45) is -0.578. The van der Waals surface area contributed by atoms with Gasteiger partial charge in [0.15, 0.2) is 0 Å². The van der Waals surface area contributed by atoms with E-state index in [-0.39, 0.29) is 24.3 Å². The number of amides is 2. The number of methoxy groups -OCH3 is 1. The third kappa shape index (κ3) is 9.35. The number of ether oxygens (including phenoxy) is 2. The summed E-state index contributed by atoms with van der Waals surface area (Å²) < 4.78 is 11.4. The van der Waals surface area contributed by atoms with Crippen LogP contribution in [-0.2, 0) is 31.9 Å². The minimum Gasteiger partial charge on any atom is -0.507 e. The number of aromatic hydroxyl groups is 2. The Bertz CT molecular complexity index is 1090. The third-order valence-corrected chi connectivity index (χ3v) is 6.44. The summed E-state index contributed by atoms with van der Waals surface area (Å²) in [4.78, 5) is 38.2. The minimum absolute atomic E-state index is 0.0896. The molecule has 190 valence electrons. The molecular weight excluding hydrogens is 682 g/mol. The van der Waals surface area contributed by atoms with Crippen molar-refractivity contribution in [1.29, 1.82) is 0 Å². The molecule has 0 saturated heterocycles. The van der Waals surface area contributed by atoms with Crippen LogP contribution < -0.4 is 10.6 Å². The Hall–Kier alpha value is -2.29. The van der Waals surface area contributed by atoms with Crippen LogP contribution in [0.5, 0.6) is 11.5 Å². The molecule has 2 aromatic carbocycles. The van der Waals surface area contributed by atoms with Crippen LogP contribution in [0.4, 0.5) is 4.79 Å². The maximum absolute atomic E-state index is 13.3. The van der Waals surface area contributed by atoms with Gasteiger partial charge in [-0.1, -0.05) is 12.1 Å². The molecule has 0 saturated carbocycles. The Morgan fingerprint density at radius 1 is 0.886 bits per heavy atom. The fourth-order valence-electron chi connectivity index (χ4n) is 3.09. The molecule has 0 aromatic heterocycles. The molecule has 0 aliphatic heterocycles. The number of carbonyl (C=O) groups excluding carboxylic acids is 3. The van der Waals surface area contributed by atoms with E-state index in [0.29, 0.717) is 18.3 Å². The van der Waals surface area contributed by atoms with E-state index >= 15 is 0 Å². The maximum atomic E-state index is 13.3. The van der Waals surface area contributed by atoms with Crippen molar-refractivity contribution in [2.45, 2.75) is 51.3 Å². The molecule has 0 fully saturated rings. The lowest BCUT2D eigenvalue weighted by molar-refractivity contribution is -0.145. The van der Waals surface area contributed by atoms with Gasteiger partial charge in [0.2, 0.25) is 5.91 Å². The largest absolute Gasteiger partial charge is 0.507 e. The first-order valence-electron chi connectivity index (χ1n) is 10.6. The Morgan fingerprint density at radius 3 is 1.80 bits per heavy atom. The van der Waals surface area contributed by atoms with Crippen LogP contribution in [0.1, 0.15) is 31.9 Å². The number of hydrogen-bond donors (Lipinski definition) is 4. The van der Waals surface area contributed by atoms with Gasteiger partial charge in [0, 0.05) is 12.8 Å². The fourth-order valence-corrected chi connectivity index (χ4v) is 4.25. The Morgan fingerprint density at radius 2 is 1.37 bits per heavy atom. The number of halogens is 2. The molecule has 9 nitrogen and oxygen atoms in total. The molecule has 11 heteroatoms. The summed E-state index contributed by atoms with van der Waals surface area (Å²) in [5.41, 5.74) is 0.614. The summed E-state index contributed by atoms with van der Waals surface area (Å²) in [5.74, 6) is -1.05. The highest BCUT2D eigenvalue weighted by Crippen LogP contribution is 2.22. The van der Waals surface area contributed by atoms with E-state index in [1.54, 1.807) is 45.0 Å². The monoisotopic (exact) mass is 710 g/mol. The molecule has 0 unspecified atom stereocenters. The van der Waals surface area contributed by atoms with Crippen molar-refractivity contribution in [2.75, 3.05) is 7.11 Å². The molecule has 0 spiro atoms. The maximum Gasteiger partial charge on any atom is 0.408 e. The van der Waals surface area contributed by atoms with E-state index in [2.05, 4.69) is 10.6 Å². The topological polar surface area (TPSA) is 134 Å². The highest BCUT2D eigenvalue weighted by atomic mass is 127. The number of phenolic OH excluding ortho intramolecular Hbond substituents is 2. The predicted molar refractivity (Wildman–Crippen MR) is 146 cm³/mol. The van der Waals surface area contributed by atoms with Crippen molar-refractivity contribution >= 4 is 63.2 Å². The zero-order chi connectivity index (χ0) is 26.3. The van der Waals surface area contributed by atoms with E-state index < -0.39 is 35.7 Å². The van der Waals surface area contributed by atoms with Gasteiger partial charge in [0.1, 0.15) is 29.2 Å². The Labute approximate surface area is 231 Å². The van der Waals surface area contributed by atoms with Crippen molar-refractivity contribution in [3.63, 3.8) is 0 Å². The molecule has 2 amide bonds. The molecule has 35 heavy (non-hydrogen) atoms. The average molecular weight is 710 g/mol. The second-order valence-electron chi connectivity index (χ2n) is 8.76. The van der Waals surface area contributed by atoms with E-state index in [1.165, 1.54) is 19.2 Å². The lowest BCUT2D eigenvalue weighted by Crippen LogP contribution is -2.53. The van der Waals surface area contributed by atoms with Gasteiger partial charge in [-0.15, -0.1) is 0 Å². The zero-order valence-electron chi connectivity index (χ0n) is 19.7. The molecule has 2 rings (SSSR count). The van der Waals surface area contributed by atoms with Gasteiger partial charge < -0.3 is 30.3 Å². The Kier molecular flexibility index (Phi) is 10.4. The number of nitrogens with one attached hydrogen (secondary N) is 2. The number of alkyl carbamates (subject to hydrolysis) is 1. The standard InChI is InChI=1S/C24H28I2N2O7/c1-24(2,3)35-23(33)28-17(11-13-5-7-19(29)15(25)9-13)21(31)27-18(22(32)34-4)12-14-6-8-20(30)16(26)10-14/h5-10,17-18,29-30H,11-12H2,1-4H3,(H,27,31)(H,28,33)/t17-,18-/m0/s1. The summed E-state index contributed by atoms with van der Waals surface area (Å²) in [6.45, 7) is 5.11. The van der Waals surface area contributed by atoms with Gasteiger partial charge in [-0.2, -0.15) is 0 Å². The molecule has 0 aliphatic rings. The highest BCUT2D eigenvalue weighted by Gasteiger charge is 2.29. The summed E-state index contributed by atoms with van der Waals surface area (Å²) in [7, 11) is 1.22. The van der Waals surface area contributed by atoms with E-state index in [0.717, 1.165) is 0 Å². The minimum atomic E-state index is -1.07. The van der Waals surface area contributed by atoms with Crippen LogP contribution >= 0.6 is 45.2 Å². The van der Waals surface area contributed by atoms with E-state index in [9.17, 15) is 24.6 Å². The van der Waals surface area contributed by atoms with E-state index in [4.69, 9.17) is 9.47 Å². The number of hydrogen-bond acceptors (Lipinski definition) is 7. The first kappa shape index (κ1) is 28.9. The van der Waals surface area contributed by atoms with Gasteiger partial charge in [-0.05, 0) is 101 Å². The van der Waals surface area contributed by atoms with Crippen molar-refractivity contribution < 1.29 is 34.1 Å². The molecule has 0 heterocycles. The van der Waals surface area contributed by atoms with Crippen molar-refractivity contribution in [3.8, 4) is 11.5 Å². The van der Waals surface area contributed by atoms with Gasteiger partial charge in [-0.3, -0.25) is 4.79 Å². The van der Waals surface area contributed by atoms with Crippen LogP contribution in [0, 0.1) is 7.14 Å². The number of phenols is 2. The van der Waals surface area contributed by atoms with Crippen LogP contribution in [0.15, 0.2) is 36.4 Å².